The van der Waals surface area contributed by atoms with Gasteiger partial charge in [0.1, 0.15) is 5.76 Å². The molecule has 0 aliphatic heterocycles. The van der Waals surface area contributed by atoms with Crippen molar-refractivity contribution in [3.05, 3.63) is 58.5 Å². The summed E-state index contributed by atoms with van der Waals surface area (Å²) in [5.74, 6) is 1.85. The molecule has 3 heteroatoms. The number of benzene rings is 1. The molecule has 1 atom stereocenters. The largest absolute Gasteiger partial charge is 0.469 e. The van der Waals surface area contributed by atoms with Crippen LogP contribution in [-0.2, 0) is 6.42 Å². The van der Waals surface area contributed by atoms with Crippen LogP contribution in [0.5, 0.6) is 0 Å². The average molecular weight is 302 g/mol. The molecule has 2 aliphatic carbocycles. The van der Waals surface area contributed by atoms with Crippen LogP contribution in [0.1, 0.15) is 54.5 Å². The van der Waals surface area contributed by atoms with E-state index < -0.39 is 0 Å². The van der Waals surface area contributed by atoms with E-state index in [0.29, 0.717) is 18.0 Å². The average Bonchev–Trinajstić information content (AvgIpc) is 2.91. The molecule has 4 rings (SSSR count). The fourth-order valence-electron chi connectivity index (χ4n) is 3.73. The van der Waals surface area contributed by atoms with E-state index in [0.717, 1.165) is 11.4 Å². The third kappa shape index (κ3) is 2.63. The maximum atomic E-state index is 6.08. The topological polar surface area (TPSA) is 25.2 Å². The summed E-state index contributed by atoms with van der Waals surface area (Å²) in [6, 6.07) is 11.6. The minimum atomic E-state index is 0.484. The molecule has 2 aromatic rings. The molecule has 0 bridgehead atoms. The zero-order valence-corrected chi connectivity index (χ0v) is 12.8. The summed E-state index contributed by atoms with van der Waals surface area (Å²) in [6.45, 7) is 0. The second-order valence-electron chi connectivity index (χ2n) is 6.33. The molecule has 110 valence electrons. The van der Waals surface area contributed by atoms with Crippen LogP contribution in [0.2, 0.25) is 5.02 Å². The molecule has 2 nitrogen and oxygen atoms in total. The fourth-order valence-corrected chi connectivity index (χ4v) is 3.93. The van der Waals surface area contributed by atoms with Crippen LogP contribution < -0.4 is 5.32 Å². The summed E-state index contributed by atoms with van der Waals surface area (Å²) in [5, 5.41) is 4.67. The Morgan fingerprint density at radius 2 is 2.10 bits per heavy atom. The summed E-state index contributed by atoms with van der Waals surface area (Å²) in [7, 11) is 0. The van der Waals surface area contributed by atoms with Crippen LogP contribution in [0, 0.1) is 0 Å². The molecule has 1 aromatic carbocycles. The van der Waals surface area contributed by atoms with Crippen LogP contribution in [0.25, 0.3) is 0 Å². The van der Waals surface area contributed by atoms with Crippen molar-refractivity contribution in [1.29, 1.82) is 0 Å². The lowest BCUT2D eigenvalue weighted by molar-refractivity contribution is 0.252. The monoisotopic (exact) mass is 301 g/mol. The van der Waals surface area contributed by atoms with Gasteiger partial charge in [-0.05, 0) is 55.4 Å². The molecule has 1 fully saturated rings. The number of nitrogens with one attached hydrogen (secondary N) is 1. The fraction of sp³-hybridized carbons (Fsp3) is 0.444. The van der Waals surface area contributed by atoms with E-state index in [-0.39, 0.29) is 0 Å². The number of halogens is 1. The lowest BCUT2D eigenvalue weighted by atomic mass is 9.75. The Morgan fingerprint density at radius 3 is 2.95 bits per heavy atom. The Hall–Kier alpha value is -1.25. The van der Waals surface area contributed by atoms with Crippen molar-refractivity contribution in [2.45, 2.75) is 50.1 Å². The number of aryl methyl sites for hydroxylation is 1. The Balaban J connectivity index is 1.37. The Labute approximate surface area is 130 Å². The number of hydrogen-bond acceptors (Lipinski definition) is 2. The van der Waals surface area contributed by atoms with Gasteiger partial charge in [-0.25, -0.2) is 0 Å². The van der Waals surface area contributed by atoms with Gasteiger partial charge in [0.2, 0.25) is 0 Å². The molecule has 1 aromatic heterocycles. The van der Waals surface area contributed by atoms with Crippen molar-refractivity contribution < 1.29 is 4.42 Å². The lowest BCUT2D eigenvalue weighted by Crippen LogP contribution is -2.42. The number of fused-ring (bicyclic) bond motifs is 1. The maximum Gasteiger partial charge on any atom is 0.108 e. The third-order valence-electron chi connectivity index (χ3n) is 4.95. The molecule has 1 N–H and O–H groups in total. The van der Waals surface area contributed by atoms with Gasteiger partial charge in [0, 0.05) is 29.1 Å². The maximum absolute atomic E-state index is 6.08. The van der Waals surface area contributed by atoms with Gasteiger partial charge in [0.25, 0.3) is 0 Å². The van der Waals surface area contributed by atoms with Gasteiger partial charge in [-0.3, -0.25) is 0 Å². The predicted octanol–water partition coefficient (Wildman–Crippen LogP) is 4.85. The Kier molecular flexibility index (Phi) is 3.52. The van der Waals surface area contributed by atoms with E-state index in [1.54, 1.807) is 0 Å². The molecule has 2 aliphatic rings. The van der Waals surface area contributed by atoms with Crippen molar-refractivity contribution in [2.75, 3.05) is 0 Å². The molecular formula is C18H20ClNO. The van der Waals surface area contributed by atoms with Gasteiger partial charge in [0.15, 0.2) is 0 Å². The third-order valence-corrected chi connectivity index (χ3v) is 5.18. The van der Waals surface area contributed by atoms with Gasteiger partial charge in [-0.2, -0.15) is 0 Å². The molecule has 1 unspecified atom stereocenters. The summed E-state index contributed by atoms with van der Waals surface area (Å²) in [5.41, 5.74) is 2.76. The smallest absolute Gasteiger partial charge is 0.108 e. The Morgan fingerprint density at radius 1 is 1.19 bits per heavy atom. The normalized spacial score (nSPS) is 28.0. The molecule has 0 spiro atoms. The van der Waals surface area contributed by atoms with Crippen molar-refractivity contribution in [2.24, 2.45) is 0 Å². The second-order valence-corrected chi connectivity index (χ2v) is 6.77. The highest BCUT2D eigenvalue weighted by Crippen LogP contribution is 2.40. The van der Waals surface area contributed by atoms with Gasteiger partial charge < -0.3 is 9.73 Å². The highest BCUT2D eigenvalue weighted by atomic mass is 35.5. The molecule has 1 heterocycles. The van der Waals surface area contributed by atoms with E-state index >= 15 is 0 Å². The van der Waals surface area contributed by atoms with Crippen molar-refractivity contribution in [3.8, 4) is 0 Å². The molecule has 1 saturated carbocycles. The van der Waals surface area contributed by atoms with E-state index in [2.05, 4.69) is 29.6 Å². The van der Waals surface area contributed by atoms with E-state index in [1.807, 2.05) is 12.3 Å². The summed E-state index contributed by atoms with van der Waals surface area (Å²) in [4.78, 5) is 0. The number of furan rings is 1. The highest BCUT2D eigenvalue weighted by Gasteiger charge is 2.33. The number of rotatable bonds is 3. The predicted molar refractivity (Wildman–Crippen MR) is 84.7 cm³/mol. The van der Waals surface area contributed by atoms with Gasteiger partial charge in [0.05, 0.1) is 6.26 Å². The first kappa shape index (κ1) is 13.4. The molecule has 0 amide bonds. The molecule has 0 saturated heterocycles. The first-order valence-corrected chi connectivity index (χ1v) is 8.25. The standard InChI is InChI=1S/C18H20ClNO/c19-14-4-1-3-12(9-14)13-10-15(11-13)20-17-5-2-6-18-16(17)7-8-21-18/h1,3-4,7-9,13,15,17,20H,2,5-6,10-11H2. The van der Waals surface area contributed by atoms with Crippen LogP contribution in [0.15, 0.2) is 41.0 Å². The quantitative estimate of drug-likeness (QED) is 0.877. The molecule has 21 heavy (non-hydrogen) atoms. The minimum absolute atomic E-state index is 0.484. The van der Waals surface area contributed by atoms with Crippen LogP contribution in [-0.4, -0.2) is 6.04 Å². The SMILES string of the molecule is Clc1cccc(C2CC(NC3CCCc4occc43)C2)c1. The van der Waals surface area contributed by atoms with Crippen molar-refractivity contribution in [3.63, 3.8) is 0 Å². The van der Waals surface area contributed by atoms with Gasteiger partial charge in [-0.15, -0.1) is 0 Å². The van der Waals surface area contributed by atoms with Gasteiger partial charge >= 0.3 is 0 Å². The van der Waals surface area contributed by atoms with Crippen LogP contribution in [0.3, 0.4) is 0 Å². The first-order valence-electron chi connectivity index (χ1n) is 7.87. The van der Waals surface area contributed by atoms with Crippen LogP contribution in [0.4, 0.5) is 0 Å². The Bertz CT molecular complexity index is 630. The highest BCUT2D eigenvalue weighted by molar-refractivity contribution is 6.30. The first-order chi connectivity index (χ1) is 10.3. The second kappa shape index (κ2) is 5.51. The molecular weight excluding hydrogens is 282 g/mol. The zero-order valence-electron chi connectivity index (χ0n) is 12.0. The van der Waals surface area contributed by atoms with E-state index in [9.17, 15) is 0 Å². The van der Waals surface area contributed by atoms with E-state index in [4.69, 9.17) is 16.0 Å². The summed E-state index contributed by atoms with van der Waals surface area (Å²) < 4.78 is 5.57. The molecule has 0 radical (unpaired) electrons. The summed E-state index contributed by atoms with van der Waals surface area (Å²) >= 11 is 6.08. The van der Waals surface area contributed by atoms with Crippen molar-refractivity contribution in [1.82, 2.24) is 5.32 Å². The van der Waals surface area contributed by atoms with Crippen LogP contribution >= 0.6 is 11.6 Å². The minimum Gasteiger partial charge on any atom is -0.469 e. The zero-order chi connectivity index (χ0) is 14.2. The van der Waals surface area contributed by atoms with E-state index in [1.165, 1.54) is 42.6 Å². The number of hydrogen-bond donors (Lipinski definition) is 1. The lowest BCUT2D eigenvalue weighted by Gasteiger charge is -2.39. The van der Waals surface area contributed by atoms with Gasteiger partial charge in [-0.1, -0.05) is 23.7 Å². The summed E-state index contributed by atoms with van der Waals surface area (Å²) in [6.07, 6.45) is 7.80. The van der Waals surface area contributed by atoms with Crippen molar-refractivity contribution >= 4 is 11.6 Å².